The van der Waals surface area contributed by atoms with Crippen molar-refractivity contribution in [3.63, 3.8) is 0 Å². The number of carbonyl (C=O) groups is 1. The Hall–Kier alpha value is -2.90. The number of halogens is 2. The molecular formula is C23H29F2N3O3. The van der Waals surface area contributed by atoms with Gasteiger partial charge in [0.05, 0.1) is 6.54 Å². The summed E-state index contributed by atoms with van der Waals surface area (Å²) in [5.74, 6) is 1.23. The Morgan fingerprint density at radius 1 is 1.26 bits per heavy atom. The molecular weight excluding hydrogens is 404 g/mol. The largest absolute Gasteiger partial charge is 0.489 e. The van der Waals surface area contributed by atoms with Crippen LogP contribution in [0.15, 0.2) is 42.6 Å². The smallest absolute Gasteiger partial charge is 0.272 e. The molecule has 8 heteroatoms. The molecule has 1 saturated heterocycles. The number of aromatic nitrogens is 1. The van der Waals surface area contributed by atoms with Gasteiger partial charge in [0.25, 0.3) is 6.43 Å². The lowest BCUT2D eigenvalue weighted by atomic mass is 9.97. The number of carbonyl (C=O) groups excluding carboxylic acids is 1. The summed E-state index contributed by atoms with van der Waals surface area (Å²) in [4.78, 5) is 19.6. The fraction of sp³-hybridized carbons (Fsp3) is 0.478. The Kier molecular flexibility index (Phi) is 7.65. The number of alkyl halides is 2. The zero-order valence-electron chi connectivity index (χ0n) is 18.1. The molecule has 0 bridgehead atoms. The monoisotopic (exact) mass is 433 g/mol. The number of benzene rings is 1. The van der Waals surface area contributed by atoms with Crippen LogP contribution in [-0.4, -0.2) is 62.1 Å². The molecule has 0 saturated carbocycles. The van der Waals surface area contributed by atoms with Crippen molar-refractivity contribution >= 4 is 11.6 Å². The van der Waals surface area contributed by atoms with Crippen LogP contribution in [0, 0.1) is 0 Å². The minimum Gasteiger partial charge on any atom is -0.489 e. The Morgan fingerprint density at radius 2 is 2.00 bits per heavy atom. The Bertz CT molecular complexity index is 861. The third-order valence-corrected chi connectivity index (χ3v) is 5.32. The van der Waals surface area contributed by atoms with Gasteiger partial charge in [0.15, 0.2) is 6.61 Å². The van der Waals surface area contributed by atoms with Crippen molar-refractivity contribution in [3.8, 4) is 11.6 Å². The van der Waals surface area contributed by atoms with Crippen LogP contribution in [-0.2, 0) is 4.79 Å². The highest BCUT2D eigenvalue weighted by Gasteiger charge is 2.25. The number of hydrogen-bond donors (Lipinski definition) is 0. The minimum absolute atomic E-state index is 0.0252. The Balaban J connectivity index is 1.53. The van der Waals surface area contributed by atoms with E-state index in [-0.39, 0.29) is 23.8 Å². The van der Waals surface area contributed by atoms with E-state index >= 15 is 0 Å². The first kappa shape index (κ1) is 22.8. The molecule has 1 fully saturated rings. The van der Waals surface area contributed by atoms with Crippen LogP contribution < -0.4 is 14.4 Å². The number of ether oxygens (including phenoxy) is 2. The maximum Gasteiger partial charge on any atom is 0.272 e. The highest BCUT2D eigenvalue weighted by Crippen LogP contribution is 2.27. The number of hydrogen-bond acceptors (Lipinski definition) is 5. The van der Waals surface area contributed by atoms with Crippen LogP contribution in [0.2, 0.25) is 0 Å². The van der Waals surface area contributed by atoms with Gasteiger partial charge >= 0.3 is 0 Å². The van der Waals surface area contributed by atoms with E-state index in [4.69, 9.17) is 9.47 Å². The van der Waals surface area contributed by atoms with Gasteiger partial charge in [-0.25, -0.2) is 13.8 Å². The van der Waals surface area contributed by atoms with Gasteiger partial charge in [-0.15, -0.1) is 0 Å². The summed E-state index contributed by atoms with van der Waals surface area (Å²) < 4.78 is 35.8. The highest BCUT2D eigenvalue weighted by atomic mass is 19.3. The molecule has 31 heavy (non-hydrogen) atoms. The first-order valence-corrected chi connectivity index (χ1v) is 10.4. The zero-order valence-corrected chi connectivity index (χ0v) is 18.1. The molecule has 1 aromatic carbocycles. The zero-order chi connectivity index (χ0) is 22.4. The summed E-state index contributed by atoms with van der Waals surface area (Å²) in [5, 5.41) is 0. The van der Waals surface area contributed by atoms with Gasteiger partial charge < -0.3 is 19.3 Å². The first-order chi connectivity index (χ1) is 14.8. The standard InChI is InChI=1S/C23H29F2N3O3/c1-16(12-23(29)27(2)3)17-4-6-19(7-5-17)31-20-9-11-28(14-20)18-8-10-26-22(13-18)30-15-21(24)25/h4-8,10,13,16,20-21H,9,11-12,14-15H2,1-3H3/t16-,20?/m1/s1. The maximum atomic E-state index is 12.3. The van der Waals surface area contributed by atoms with Crippen molar-refractivity contribution < 1.29 is 23.0 Å². The van der Waals surface area contributed by atoms with Gasteiger partial charge in [-0.05, 0) is 29.7 Å². The summed E-state index contributed by atoms with van der Waals surface area (Å²) >= 11 is 0. The molecule has 1 aliphatic heterocycles. The van der Waals surface area contributed by atoms with Gasteiger partial charge in [-0.2, -0.15) is 0 Å². The van der Waals surface area contributed by atoms with E-state index in [9.17, 15) is 13.6 Å². The van der Waals surface area contributed by atoms with Gasteiger partial charge in [0, 0.05) is 51.4 Å². The molecule has 1 amide bonds. The van der Waals surface area contributed by atoms with E-state index in [2.05, 4.69) is 9.88 Å². The predicted octanol–water partition coefficient (Wildman–Crippen LogP) is 3.97. The maximum absolute atomic E-state index is 12.3. The van der Waals surface area contributed by atoms with Gasteiger partial charge in [-0.3, -0.25) is 4.79 Å². The molecule has 0 N–H and O–H groups in total. The van der Waals surface area contributed by atoms with Crippen LogP contribution in [0.3, 0.4) is 0 Å². The molecule has 2 atom stereocenters. The van der Waals surface area contributed by atoms with Gasteiger partial charge in [0.1, 0.15) is 11.9 Å². The van der Waals surface area contributed by atoms with E-state index in [1.54, 1.807) is 31.3 Å². The third-order valence-electron chi connectivity index (χ3n) is 5.32. The molecule has 0 spiro atoms. The molecule has 6 nitrogen and oxygen atoms in total. The minimum atomic E-state index is -2.53. The van der Waals surface area contributed by atoms with Crippen molar-refractivity contribution in [1.29, 1.82) is 0 Å². The van der Waals surface area contributed by atoms with E-state index in [1.165, 1.54) is 0 Å². The number of nitrogens with zero attached hydrogens (tertiary/aromatic N) is 3. The van der Waals surface area contributed by atoms with Crippen LogP contribution in [0.1, 0.15) is 31.2 Å². The fourth-order valence-electron chi connectivity index (χ4n) is 3.51. The second-order valence-corrected chi connectivity index (χ2v) is 7.99. The first-order valence-electron chi connectivity index (χ1n) is 10.4. The van der Waals surface area contributed by atoms with Crippen molar-refractivity contribution in [3.05, 3.63) is 48.2 Å². The van der Waals surface area contributed by atoms with Crippen LogP contribution in [0.25, 0.3) is 0 Å². The molecule has 1 unspecified atom stereocenters. The van der Waals surface area contributed by atoms with Gasteiger partial charge in [-0.1, -0.05) is 19.1 Å². The van der Waals surface area contributed by atoms with Crippen molar-refractivity contribution in [2.45, 2.75) is 38.2 Å². The number of anilines is 1. The van der Waals surface area contributed by atoms with Crippen molar-refractivity contribution in [1.82, 2.24) is 9.88 Å². The lowest BCUT2D eigenvalue weighted by Crippen LogP contribution is -2.24. The molecule has 3 rings (SSSR count). The van der Waals surface area contributed by atoms with Crippen LogP contribution in [0.4, 0.5) is 14.5 Å². The molecule has 2 aromatic rings. The quantitative estimate of drug-likeness (QED) is 0.599. The summed E-state index contributed by atoms with van der Waals surface area (Å²) in [6.45, 7) is 2.86. The van der Waals surface area contributed by atoms with Crippen LogP contribution in [0.5, 0.6) is 11.6 Å². The number of amides is 1. The molecule has 1 aliphatic rings. The summed E-state index contributed by atoms with van der Waals surface area (Å²) in [7, 11) is 3.53. The van der Waals surface area contributed by atoms with E-state index in [0.717, 1.165) is 30.0 Å². The number of rotatable bonds is 9. The molecule has 1 aromatic heterocycles. The molecule has 0 radical (unpaired) electrons. The average molecular weight is 433 g/mol. The van der Waals surface area contributed by atoms with Crippen molar-refractivity contribution in [2.24, 2.45) is 0 Å². The van der Waals surface area contributed by atoms with E-state index < -0.39 is 13.0 Å². The average Bonchev–Trinajstić information content (AvgIpc) is 3.21. The third kappa shape index (κ3) is 6.54. The van der Waals surface area contributed by atoms with Crippen molar-refractivity contribution in [2.75, 3.05) is 38.7 Å². The molecule has 168 valence electrons. The normalized spacial score (nSPS) is 17.0. The predicted molar refractivity (Wildman–Crippen MR) is 115 cm³/mol. The second kappa shape index (κ2) is 10.4. The second-order valence-electron chi connectivity index (χ2n) is 7.99. The Morgan fingerprint density at radius 3 is 2.68 bits per heavy atom. The highest BCUT2D eigenvalue weighted by molar-refractivity contribution is 5.76. The van der Waals surface area contributed by atoms with Gasteiger partial charge in [0.2, 0.25) is 11.8 Å². The fourth-order valence-corrected chi connectivity index (χ4v) is 3.51. The summed E-state index contributed by atoms with van der Waals surface area (Å²) in [6.07, 6.45) is 0.380. The topological polar surface area (TPSA) is 54.9 Å². The molecule has 2 heterocycles. The SMILES string of the molecule is C[C@H](CC(=O)N(C)C)c1ccc(OC2CCN(c3ccnc(OCC(F)F)c3)C2)cc1. The lowest BCUT2D eigenvalue weighted by Gasteiger charge is -2.20. The Labute approximate surface area is 181 Å². The van der Waals surface area contributed by atoms with E-state index in [1.807, 2.05) is 37.3 Å². The summed E-state index contributed by atoms with van der Waals surface area (Å²) in [6, 6.07) is 11.4. The summed E-state index contributed by atoms with van der Waals surface area (Å²) in [5.41, 5.74) is 1.98. The molecule has 0 aliphatic carbocycles. The lowest BCUT2D eigenvalue weighted by molar-refractivity contribution is -0.129. The van der Waals surface area contributed by atoms with E-state index in [0.29, 0.717) is 13.0 Å². The number of pyridine rings is 1. The van der Waals surface area contributed by atoms with Crippen LogP contribution >= 0.6 is 0 Å².